The standard InChI is InChI=1S/C14H14BrNO4/c1-16(7-6-12(17)19-2)14(18)11-8-9-4-3-5-10(15)13(9)20-11/h3-5,8H,6-7H2,1-2H3. The Morgan fingerprint density at radius 3 is 2.80 bits per heavy atom. The SMILES string of the molecule is COC(=O)CCN(C)C(=O)c1cc2cccc(Br)c2o1. The van der Waals surface area contributed by atoms with Gasteiger partial charge in [-0.25, -0.2) is 0 Å². The highest BCUT2D eigenvalue weighted by molar-refractivity contribution is 9.10. The third-order valence-electron chi connectivity index (χ3n) is 2.93. The molecule has 0 spiro atoms. The number of para-hydroxylation sites is 1. The van der Waals surface area contributed by atoms with Gasteiger partial charge in [0.05, 0.1) is 18.0 Å². The number of methoxy groups -OCH3 is 1. The molecule has 0 fully saturated rings. The molecular weight excluding hydrogens is 326 g/mol. The highest BCUT2D eigenvalue weighted by atomic mass is 79.9. The zero-order chi connectivity index (χ0) is 14.7. The van der Waals surface area contributed by atoms with Crippen molar-refractivity contribution in [3.63, 3.8) is 0 Å². The van der Waals surface area contributed by atoms with E-state index in [2.05, 4.69) is 20.7 Å². The molecule has 106 valence electrons. The van der Waals surface area contributed by atoms with Crippen molar-refractivity contribution in [3.05, 3.63) is 34.5 Å². The smallest absolute Gasteiger partial charge is 0.307 e. The minimum Gasteiger partial charge on any atom is -0.469 e. The molecule has 1 heterocycles. The number of amides is 1. The number of halogens is 1. The Kier molecular flexibility index (Phi) is 4.44. The Morgan fingerprint density at radius 2 is 2.15 bits per heavy atom. The van der Waals surface area contributed by atoms with Crippen LogP contribution in [0.3, 0.4) is 0 Å². The Morgan fingerprint density at radius 1 is 1.40 bits per heavy atom. The molecule has 0 aliphatic carbocycles. The fourth-order valence-electron chi connectivity index (χ4n) is 1.78. The van der Waals surface area contributed by atoms with Gasteiger partial charge in [0, 0.05) is 19.0 Å². The van der Waals surface area contributed by atoms with E-state index in [1.807, 2.05) is 18.2 Å². The van der Waals surface area contributed by atoms with Crippen LogP contribution >= 0.6 is 15.9 Å². The van der Waals surface area contributed by atoms with E-state index in [4.69, 9.17) is 4.42 Å². The van der Waals surface area contributed by atoms with Gasteiger partial charge in [-0.05, 0) is 28.1 Å². The van der Waals surface area contributed by atoms with Gasteiger partial charge in [-0.15, -0.1) is 0 Å². The van der Waals surface area contributed by atoms with Crippen LogP contribution in [0.2, 0.25) is 0 Å². The highest BCUT2D eigenvalue weighted by Gasteiger charge is 2.18. The monoisotopic (exact) mass is 339 g/mol. The first kappa shape index (κ1) is 14.6. The van der Waals surface area contributed by atoms with Crippen LogP contribution in [-0.2, 0) is 9.53 Å². The van der Waals surface area contributed by atoms with Gasteiger partial charge in [-0.1, -0.05) is 12.1 Å². The van der Waals surface area contributed by atoms with E-state index >= 15 is 0 Å². The molecule has 1 aromatic carbocycles. The number of nitrogens with zero attached hydrogens (tertiary/aromatic N) is 1. The second-order valence-corrected chi connectivity index (χ2v) is 5.18. The van der Waals surface area contributed by atoms with Gasteiger partial charge in [0.1, 0.15) is 5.58 Å². The van der Waals surface area contributed by atoms with Gasteiger partial charge < -0.3 is 14.1 Å². The molecule has 0 bridgehead atoms. The van der Waals surface area contributed by atoms with E-state index in [0.29, 0.717) is 5.58 Å². The average molecular weight is 340 g/mol. The van der Waals surface area contributed by atoms with Gasteiger partial charge in [0.25, 0.3) is 5.91 Å². The van der Waals surface area contributed by atoms with Crippen LogP contribution in [0, 0.1) is 0 Å². The number of hydrogen-bond donors (Lipinski definition) is 0. The number of carbonyl (C=O) groups is 2. The summed E-state index contributed by atoms with van der Waals surface area (Å²) in [5.74, 6) is -0.367. The molecule has 0 N–H and O–H groups in total. The van der Waals surface area contributed by atoms with Gasteiger partial charge in [0.15, 0.2) is 5.76 Å². The molecule has 0 aliphatic heterocycles. The summed E-state index contributed by atoms with van der Waals surface area (Å²) in [6.07, 6.45) is 0.155. The van der Waals surface area contributed by atoms with E-state index in [1.54, 1.807) is 13.1 Å². The zero-order valence-electron chi connectivity index (χ0n) is 11.2. The molecule has 0 aliphatic rings. The molecule has 0 saturated carbocycles. The number of hydrogen-bond acceptors (Lipinski definition) is 4. The summed E-state index contributed by atoms with van der Waals surface area (Å²) in [7, 11) is 2.94. The van der Waals surface area contributed by atoms with Crippen molar-refractivity contribution >= 4 is 38.8 Å². The average Bonchev–Trinajstić information content (AvgIpc) is 2.89. The second-order valence-electron chi connectivity index (χ2n) is 4.32. The van der Waals surface area contributed by atoms with Crippen LogP contribution in [0.15, 0.2) is 33.2 Å². The van der Waals surface area contributed by atoms with Crippen LogP contribution < -0.4 is 0 Å². The van der Waals surface area contributed by atoms with Crippen molar-refractivity contribution in [2.24, 2.45) is 0 Å². The second kappa shape index (κ2) is 6.09. The van der Waals surface area contributed by atoms with Crippen molar-refractivity contribution in [2.75, 3.05) is 20.7 Å². The highest BCUT2D eigenvalue weighted by Crippen LogP contribution is 2.27. The Bertz CT molecular complexity index is 650. The van der Waals surface area contributed by atoms with E-state index in [1.165, 1.54) is 12.0 Å². The number of fused-ring (bicyclic) bond motifs is 1. The molecular formula is C14H14BrNO4. The minimum absolute atomic E-state index is 0.155. The van der Waals surface area contributed by atoms with E-state index < -0.39 is 0 Å². The molecule has 1 amide bonds. The quantitative estimate of drug-likeness (QED) is 0.803. The van der Waals surface area contributed by atoms with Crippen LogP contribution in [0.1, 0.15) is 17.0 Å². The van der Waals surface area contributed by atoms with Crippen molar-refractivity contribution in [1.29, 1.82) is 0 Å². The third-order valence-corrected chi connectivity index (χ3v) is 3.56. The lowest BCUT2D eigenvalue weighted by molar-refractivity contribution is -0.140. The maximum atomic E-state index is 12.2. The lowest BCUT2D eigenvalue weighted by Crippen LogP contribution is -2.28. The molecule has 5 nitrogen and oxygen atoms in total. The first-order valence-corrected chi connectivity index (χ1v) is 6.82. The molecule has 0 unspecified atom stereocenters. The summed E-state index contributed by atoms with van der Waals surface area (Å²) in [4.78, 5) is 24.7. The maximum Gasteiger partial charge on any atom is 0.307 e. The van der Waals surface area contributed by atoms with Gasteiger partial charge in [-0.3, -0.25) is 9.59 Å². The Hall–Kier alpha value is -1.82. The fourth-order valence-corrected chi connectivity index (χ4v) is 2.25. The molecule has 6 heteroatoms. The first-order chi connectivity index (χ1) is 9.52. The van der Waals surface area contributed by atoms with Crippen molar-refractivity contribution in [1.82, 2.24) is 4.90 Å². The van der Waals surface area contributed by atoms with E-state index in [9.17, 15) is 9.59 Å². The number of esters is 1. The van der Waals surface area contributed by atoms with Crippen molar-refractivity contribution < 1.29 is 18.7 Å². The normalized spacial score (nSPS) is 10.6. The molecule has 1 aromatic heterocycles. The number of ether oxygens (including phenoxy) is 1. The van der Waals surface area contributed by atoms with Crippen LogP contribution in [0.25, 0.3) is 11.0 Å². The summed E-state index contributed by atoms with van der Waals surface area (Å²) in [5.41, 5.74) is 0.636. The zero-order valence-corrected chi connectivity index (χ0v) is 12.8. The van der Waals surface area contributed by atoms with Gasteiger partial charge in [-0.2, -0.15) is 0 Å². The van der Waals surface area contributed by atoms with Crippen LogP contribution in [0.4, 0.5) is 0 Å². The molecule has 2 rings (SSSR count). The van der Waals surface area contributed by atoms with Crippen LogP contribution in [-0.4, -0.2) is 37.5 Å². The van der Waals surface area contributed by atoms with Gasteiger partial charge >= 0.3 is 5.97 Å². The lowest BCUT2D eigenvalue weighted by Gasteiger charge is -2.14. The fraction of sp³-hybridized carbons (Fsp3) is 0.286. The predicted octanol–water partition coefficient (Wildman–Crippen LogP) is 2.83. The third kappa shape index (κ3) is 3.01. The molecule has 0 atom stereocenters. The molecule has 0 radical (unpaired) electrons. The summed E-state index contributed by atoms with van der Waals surface area (Å²) >= 11 is 3.38. The minimum atomic E-state index is -0.350. The largest absolute Gasteiger partial charge is 0.469 e. The molecule has 0 saturated heterocycles. The summed E-state index contributed by atoms with van der Waals surface area (Å²) in [5, 5.41) is 0.851. The van der Waals surface area contributed by atoms with Crippen molar-refractivity contribution in [3.8, 4) is 0 Å². The number of rotatable bonds is 4. The number of benzene rings is 1. The van der Waals surface area contributed by atoms with Crippen LogP contribution in [0.5, 0.6) is 0 Å². The topological polar surface area (TPSA) is 59.8 Å². The summed E-state index contributed by atoms with van der Waals surface area (Å²) in [6.45, 7) is 0.281. The van der Waals surface area contributed by atoms with E-state index in [-0.39, 0.29) is 30.6 Å². The maximum absolute atomic E-state index is 12.2. The Balaban J connectivity index is 2.14. The predicted molar refractivity (Wildman–Crippen MR) is 77.5 cm³/mol. The number of furan rings is 1. The lowest BCUT2D eigenvalue weighted by atomic mass is 10.2. The van der Waals surface area contributed by atoms with Gasteiger partial charge in [0.2, 0.25) is 0 Å². The summed E-state index contributed by atoms with van der Waals surface area (Å²) < 4.78 is 10.9. The number of carbonyl (C=O) groups excluding carboxylic acids is 2. The van der Waals surface area contributed by atoms with Crippen molar-refractivity contribution in [2.45, 2.75) is 6.42 Å². The van der Waals surface area contributed by atoms with E-state index in [0.717, 1.165) is 9.86 Å². The Labute approximate surface area is 124 Å². The first-order valence-electron chi connectivity index (χ1n) is 6.03. The molecule has 2 aromatic rings. The summed E-state index contributed by atoms with van der Waals surface area (Å²) in [6, 6.07) is 7.28. The molecule has 20 heavy (non-hydrogen) atoms.